The van der Waals surface area contributed by atoms with Crippen LogP contribution in [0.4, 0.5) is 13.2 Å². The maximum Gasteiger partial charge on any atom is 0.406 e. The lowest BCUT2D eigenvalue weighted by Gasteiger charge is -2.23. The summed E-state index contributed by atoms with van der Waals surface area (Å²) in [6.45, 7) is -1.49. The van der Waals surface area contributed by atoms with E-state index in [0.717, 1.165) is 6.20 Å². The first kappa shape index (κ1) is 14.0. The first-order valence-corrected chi connectivity index (χ1v) is 5.71. The molecule has 0 aliphatic carbocycles. The minimum absolute atomic E-state index is 0.147. The summed E-state index contributed by atoms with van der Waals surface area (Å²) >= 11 is 0. The Hall–Kier alpha value is -2.38. The number of aromatic amines is 1. The molecular formula is C12H11F3N4O. The minimum Gasteiger partial charge on any atom is -0.324 e. The fourth-order valence-electron chi connectivity index (χ4n) is 1.69. The Kier molecular flexibility index (Phi) is 4.02. The van der Waals surface area contributed by atoms with E-state index in [2.05, 4.69) is 15.4 Å². The molecule has 0 unspecified atom stereocenters. The van der Waals surface area contributed by atoms with Crippen LogP contribution in [0.15, 0.2) is 36.5 Å². The van der Waals surface area contributed by atoms with Gasteiger partial charge < -0.3 is 4.90 Å². The third-order valence-corrected chi connectivity index (χ3v) is 2.51. The minimum atomic E-state index is -4.48. The van der Waals surface area contributed by atoms with E-state index in [1.54, 1.807) is 30.3 Å². The van der Waals surface area contributed by atoms with Gasteiger partial charge >= 0.3 is 6.18 Å². The number of carbonyl (C=O) groups excluding carboxylic acids is 1. The van der Waals surface area contributed by atoms with E-state index in [0.29, 0.717) is 10.5 Å². The van der Waals surface area contributed by atoms with Crippen LogP contribution in [-0.4, -0.2) is 38.9 Å². The molecule has 2 rings (SSSR count). The smallest absolute Gasteiger partial charge is 0.324 e. The summed E-state index contributed by atoms with van der Waals surface area (Å²) in [5.74, 6) is -0.820. The van der Waals surface area contributed by atoms with Crippen molar-refractivity contribution in [2.24, 2.45) is 0 Å². The van der Waals surface area contributed by atoms with Crippen molar-refractivity contribution < 1.29 is 18.0 Å². The standard InChI is InChI=1S/C12H11F3N4O/c13-12(14,15)8-19(7-9-4-2-1-3-5-9)11(20)10-6-16-18-17-10/h1-6H,7-8H2,(H,16,17,18). The monoisotopic (exact) mass is 284 g/mol. The van der Waals surface area contributed by atoms with Crippen LogP contribution in [0.5, 0.6) is 0 Å². The number of hydrogen-bond donors (Lipinski definition) is 1. The fraction of sp³-hybridized carbons (Fsp3) is 0.250. The summed E-state index contributed by atoms with van der Waals surface area (Å²) in [5, 5.41) is 9.14. The van der Waals surface area contributed by atoms with Crippen molar-refractivity contribution in [1.29, 1.82) is 0 Å². The van der Waals surface area contributed by atoms with E-state index < -0.39 is 18.6 Å². The molecule has 0 bridgehead atoms. The second kappa shape index (κ2) is 5.72. The molecule has 1 N–H and O–H groups in total. The number of carbonyl (C=O) groups is 1. The highest BCUT2D eigenvalue weighted by molar-refractivity contribution is 5.91. The average Bonchev–Trinajstić information content (AvgIpc) is 2.90. The van der Waals surface area contributed by atoms with Gasteiger partial charge in [-0.2, -0.15) is 28.6 Å². The van der Waals surface area contributed by atoms with Gasteiger partial charge in [0.25, 0.3) is 5.91 Å². The Morgan fingerprint density at radius 1 is 1.25 bits per heavy atom. The van der Waals surface area contributed by atoms with Crippen molar-refractivity contribution in [2.45, 2.75) is 12.7 Å². The highest BCUT2D eigenvalue weighted by Gasteiger charge is 2.34. The molecule has 1 amide bonds. The lowest BCUT2D eigenvalue weighted by molar-refractivity contribution is -0.141. The van der Waals surface area contributed by atoms with Gasteiger partial charge in [-0.3, -0.25) is 4.79 Å². The molecule has 5 nitrogen and oxygen atoms in total. The Morgan fingerprint density at radius 3 is 2.50 bits per heavy atom. The van der Waals surface area contributed by atoms with Crippen molar-refractivity contribution in [1.82, 2.24) is 20.3 Å². The molecule has 1 aromatic heterocycles. The molecular weight excluding hydrogens is 273 g/mol. The van der Waals surface area contributed by atoms with E-state index in [1.165, 1.54) is 0 Å². The van der Waals surface area contributed by atoms with Crippen LogP contribution < -0.4 is 0 Å². The van der Waals surface area contributed by atoms with Gasteiger partial charge in [0.1, 0.15) is 6.54 Å². The first-order chi connectivity index (χ1) is 9.46. The molecule has 1 heterocycles. The predicted molar refractivity (Wildman–Crippen MR) is 63.6 cm³/mol. The lowest BCUT2D eigenvalue weighted by Crippen LogP contribution is -2.38. The molecule has 20 heavy (non-hydrogen) atoms. The zero-order valence-corrected chi connectivity index (χ0v) is 10.3. The number of benzene rings is 1. The van der Waals surface area contributed by atoms with E-state index in [1.807, 2.05) is 0 Å². The molecule has 0 aliphatic rings. The van der Waals surface area contributed by atoms with Crippen molar-refractivity contribution in [3.8, 4) is 0 Å². The summed E-state index contributed by atoms with van der Waals surface area (Å²) < 4.78 is 37.7. The molecule has 0 fully saturated rings. The number of aromatic nitrogens is 3. The Morgan fingerprint density at radius 2 is 1.95 bits per heavy atom. The van der Waals surface area contributed by atoms with Crippen LogP contribution in [0.1, 0.15) is 16.1 Å². The van der Waals surface area contributed by atoms with Gasteiger partial charge in [0.15, 0.2) is 5.69 Å². The summed E-state index contributed by atoms with van der Waals surface area (Å²) in [7, 11) is 0. The number of nitrogens with zero attached hydrogens (tertiary/aromatic N) is 3. The molecule has 1 aromatic carbocycles. The molecule has 106 valence electrons. The normalized spacial score (nSPS) is 11.3. The number of rotatable bonds is 4. The SMILES string of the molecule is O=C(c1cn[nH]n1)N(Cc1ccccc1)CC(F)(F)F. The summed E-state index contributed by atoms with van der Waals surface area (Å²) in [6, 6.07) is 8.44. The largest absolute Gasteiger partial charge is 0.406 e. The van der Waals surface area contributed by atoms with E-state index >= 15 is 0 Å². The number of hydrogen-bond acceptors (Lipinski definition) is 3. The molecule has 0 atom stereocenters. The number of alkyl halides is 3. The van der Waals surface area contributed by atoms with Crippen molar-refractivity contribution in [3.63, 3.8) is 0 Å². The molecule has 0 aliphatic heterocycles. The number of amides is 1. The lowest BCUT2D eigenvalue weighted by atomic mass is 10.2. The Labute approximate surface area is 112 Å². The Balaban J connectivity index is 2.19. The first-order valence-electron chi connectivity index (χ1n) is 5.71. The molecule has 0 saturated heterocycles. The van der Waals surface area contributed by atoms with Gasteiger partial charge in [0.2, 0.25) is 0 Å². The van der Waals surface area contributed by atoms with Crippen LogP contribution in [-0.2, 0) is 6.54 Å². The molecule has 2 aromatic rings. The number of nitrogens with one attached hydrogen (secondary N) is 1. The number of H-pyrrole nitrogens is 1. The van der Waals surface area contributed by atoms with Crippen molar-refractivity contribution in [2.75, 3.05) is 6.54 Å². The average molecular weight is 284 g/mol. The maximum atomic E-state index is 12.6. The topological polar surface area (TPSA) is 61.9 Å². The van der Waals surface area contributed by atoms with Crippen LogP contribution in [0.2, 0.25) is 0 Å². The van der Waals surface area contributed by atoms with E-state index in [-0.39, 0.29) is 12.2 Å². The summed E-state index contributed by atoms with van der Waals surface area (Å²) in [4.78, 5) is 12.7. The summed E-state index contributed by atoms with van der Waals surface area (Å²) in [6.07, 6.45) is -3.38. The molecule has 0 spiro atoms. The van der Waals surface area contributed by atoms with Crippen molar-refractivity contribution >= 4 is 5.91 Å². The van der Waals surface area contributed by atoms with Crippen LogP contribution in [0, 0.1) is 0 Å². The van der Waals surface area contributed by atoms with Crippen LogP contribution in [0.3, 0.4) is 0 Å². The van der Waals surface area contributed by atoms with Gasteiger partial charge in [-0.25, -0.2) is 0 Å². The molecule has 8 heteroatoms. The van der Waals surface area contributed by atoms with Gasteiger partial charge in [-0.1, -0.05) is 30.3 Å². The summed E-state index contributed by atoms with van der Waals surface area (Å²) in [5.41, 5.74) is 0.457. The maximum absolute atomic E-state index is 12.6. The van der Waals surface area contributed by atoms with Crippen molar-refractivity contribution in [3.05, 3.63) is 47.8 Å². The molecule has 0 radical (unpaired) electrons. The predicted octanol–water partition coefficient (Wildman–Crippen LogP) is 2.01. The van der Waals surface area contributed by atoms with Crippen LogP contribution in [0.25, 0.3) is 0 Å². The molecule has 0 saturated carbocycles. The van der Waals surface area contributed by atoms with E-state index in [9.17, 15) is 18.0 Å². The highest BCUT2D eigenvalue weighted by atomic mass is 19.4. The van der Waals surface area contributed by atoms with Gasteiger partial charge in [-0.15, -0.1) is 0 Å². The second-order valence-electron chi connectivity index (χ2n) is 4.12. The van der Waals surface area contributed by atoms with E-state index in [4.69, 9.17) is 0 Å². The fourth-order valence-corrected chi connectivity index (χ4v) is 1.69. The third kappa shape index (κ3) is 3.81. The third-order valence-electron chi connectivity index (χ3n) is 2.51. The zero-order valence-electron chi connectivity index (χ0n) is 10.3. The van der Waals surface area contributed by atoms with Gasteiger partial charge in [0, 0.05) is 6.54 Å². The highest BCUT2D eigenvalue weighted by Crippen LogP contribution is 2.19. The van der Waals surface area contributed by atoms with Gasteiger partial charge in [0.05, 0.1) is 6.20 Å². The number of halogens is 3. The Bertz CT molecular complexity index is 554. The quantitative estimate of drug-likeness (QED) is 0.934. The van der Waals surface area contributed by atoms with Crippen LogP contribution >= 0.6 is 0 Å². The van der Waals surface area contributed by atoms with Gasteiger partial charge in [-0.05, 0) is 5.56 Å². The zero-order chi connectivity index (χ0) is 14.6. The second-order valence-corrected chi connectivity index (χ2v) is 4.12.